The lowest BCUT2D eigenvalue weighted by Gasteiger charge is -2.19. The predicted molar refractivity (Wildman–Crippen MR) is 82.7 cm³/mol. The minimum Gasteiger partial charge on any atom is -0.468 e. The van der Waals surface area contributed by atoms with Crippen LogP contribution in [0.1, 0.15) is 16.1 Å². The first-order chi connectivity index (χ1) is 10.9. The minimum atomic E-state index is -3.45. The molecule has 1 aromatic carbocycles. The van der Waals surface area contributed by atoms with Gasteiger partial charge in [0, 0.05) is 18.7 Å². The Hall–Kier alpha value is -2.19. The monoisotopic (exact) mass is 340 g/mol. The third kappa shape index (κ3) is 5.19. The zero-order chi connectivity index (χ0) is 16.9. The largest absolute Gasteiger partial charge is 0.468 e. The van der Waals surface area contributed by atoms with Crippen molar-refractivity contribution in [2.45, 2.75) is 6.54 Å². The van der Waals surface area contributed by atoms with Gasteiger partial charge in [-0.1, -0.05) is 6.07 Å². The second kappa shape index (κ2) is 7.38. The van der Waals surface area contributed by atoms with Crippen LogP contribution in [0.15, 0.2) is 47.1 Å². The molecule has 0 spiro atoms. The number of sulfonamides is 1. The average molecular weight is 340 g/mol. The number of rotatable bonds is 7. The van der Waals surface area contributed by atoms with E-state index in [2.05, 4.69) is 5.32 Å². The molecule has 0 aliphatic heterocycles. The molecular formula is C15H17FN2O4S. The van der Waals surface area contributed by atoms with Crippen molar-refractivity contribution in [1.29, 1.82) is 0 Å². The Bertz CT molecular complexity index is 760. The summed E-state index contributed by atoms with van der Waals surface area (Å²) in [4.78, 5) is 11.9. The molecule has 1 amide bonds. The van der Waals surface area contributed by atoms with E-state index >= 15 is 0 Å². The molecule has 1 heterocycles. The zero-order valence-corrected chi connectivity index (χ0v) is 13.3. The van der Waals surface area contributed by atoms with Crippen LogP contribution in [0.25, 0.3) is 0 Å². The van der Waals surface area contributed by atoms with Crippen molar-refractivity contribution in [1.82, 2.24) is 9.62 Å². The first-order valence-corrected chi connectivity index (χ1v) is 8.72. The summed E-state index contributed by atoms with van der Waals surface area (Å²) in [6.45, 7) is 0.269. The van der Waals surface area contributed by atoms with Gasteiger partial charge in [-0.3, -0.25) is 4.79 Å². The quantitative estimate of drug-likeness (QED) is 0.830. The second-order valence-corrected chi connectivity index (χ2v) is 6.92. The molecule has 0 saturated heterocycles. The number of carbonyl (C=O) groups excluding carboxylic acids is 1. The van der Waals surface area contributed by atoms with Gasteiger partial charge in [0.25, 0.3) is 5.91 Å². The summed E-state index contributed by atoms with van der Waals surface area (Å²) >= 11 is 0. The van der Waals surface area contributed by atoms with Crippen LogP contribution in [0, 0.1) is 5.82 Å². The molecule has 6 nitrogen and oxygen atoms in total. The Balaban J connectivity index is 1.92. The summed E-state index contributed by atoms with van der Waals surface area (Å²) in [6.07, 6.45) is 2.55. The van der Waals surface area contributed by atoms with Gasteiger partial charge in [-0.05, 0) is 30.3 Å². The molecule has 0 atom stereocenters. The summed E-state index contributed by atoms with van der Waals surface area (Å²) < 4.78 is 42.9. The number of halogens is 1. The van der Waals surface area contributed by atoms with Gasteiger partial charge in [0.1, 0.15) is 11.6 Å². The van der Waals surface area contributed by atoms with E-state index in [4.69, 9.17) is 4.42 Å². The SMILES string of the molecule is CS(=O)(=O)N(CCNC(=O)c1cccc(F)c1)Cc1ccco1. The van der Waals surface area contributed by atoms with Gasteiger partial charge in [0.15, 0.2) is 0 Å². The number of furan rings is 1. The smallest absolute Gasteiger partial charge is 0.251 e. The van der Waals surface area contributed by atoms with Crippen LogP contribution < -0.4 is 5.32 Å². The van der Waals surface area contributed by atoms with E-state index in [1.54, 1.807) is 12.1 Å². The fraction of sp³-hybridized carbons (Fsp3) is 0.267. The van der Waals surface area contributed by atoms with E-state index in [1.807, 2.05) is 0 Å². The number of amides is 1. The molecule has 1 aromatic heterocycles. The highest BCUT2D eigenvalue weighted by molar-refractivity contribution is 7.88. The molecule has 0 bridgehead atoms. The van der Waals surface area contributed by atoms with E-state index in [1.165, 1.54) is 28.8 Å². The highest BCUT2D eigenvalue weighted by Gasteiger charge is 2.18. The van der Waals surface area contributed by atoms with Crippen molar-refractivity contribution >= 4 is 15.9 Å². The van der Waals surface area contributed by atoms with Crippen molar-refractivity contribution in [2.75, 3.05) is 19.3 Å². The molecular weight excluding hydrogens is 323 g/mol. The lowest BCUT2D eigenvalue weighted by Crippen LogP contribution is -2.37. The molecule has 2 rings (SSSR count). The Morgan fingerprint density at radius 1 is 1.30 bits per heavy atom. The zero-order valence-electron chi connectivity index (χ0n) is 12.5. The maximum atomic E-state index is 13.1. The molecule has 2 aromatic rings. The first-order valence-electron chi connectivity index (χ1n) is 6.87. The number of carbonyl (C=O) groups is 1. The van der Waals surface area contributed by atoms with Crippen LogP contribution in [0.3, 0.4) is 0 Å². The van der Waals surface area contributed by atoms with E-state index in [-0.39, 0.29) is 25.2 Å². The number of hydrogen-bond acceptors (Lipinski definition) is 4. The van der Waals surface area contributed by atoms with Crippen LogP contribution in [-0.2, 0) is 16.6 Å². The average Bonchev–Trinajstić information content (AvgIpc) is 2.98. The van der Waals surface area contributed by atoms with Gasteiger partial charge in [0.2, 0.25) is 10.0 Å². The van der Waals surface area contributed by atoms with Gasteiger partial charge in [0.05, 0.1) is 19.1 Å². The topological polar surface area (TPSA) is 79.6 Å². The molecule has 0 aliphatic carbocycles. The minimum absolute atomic E-state index is 0.0839. The fourth-order valence-electron chi connectivity index (χ4n) is 1.96. The van der Waals surface area contributed by atoms with E-state index in [9.17, 15) is 17.6 Å². The molecule has 8 heteroatoms. The standard InChI is InChI=1S/C15H17FN2O4S/c1-23(20,21)18(11-14-6-3-9-22-14)8-7-17-15(19)12-4-2-5-13(16)10-12/h2-6,9-10H,7-8,11H2,1H3,(H,17,19). The maximum Gasteiger partial charge on any atom is 0.251 e. The van der Waals surface area contributed by atoms with Gasteiger partial charge in [-0.2, -0.15) is 4.31 Å². The summed E-state index contributed by atoms with van der Waals surface area (Å²) in [5.74, 6) is -0.462. The van der Waals surface area contributed by atoms with Gasteiger partial charge >= 0.3 is 0 Å². The van der Waals surface area contributed by atoms with Crippen molar-refractivity contribution in [3.05, 3.63) is 59.8 Å². The van der Waals surface area contributed by atoms with Gasteiger partial charge in [-0.25, -0.2) is 12.8 Å². The number of nitrogens with zero attached hydrogens (tertiary/aromatic N) is 1. The summed E-state index contributed by atoms with van der Waals surface area (Å²) in [5, 5.41) is 2.57. The number of nitrogens with one attached hydrogen (secondary N) is 1. The lowest BCUT2D eigenvalue weighted by molar-refractivity contribution is 0.0951. The Morgan fingerprint density at radius 2 is 2.09 bits per heavy atom. The Labute approximate surface area is 134 Å². The molecule has 0 radical (unpaired) electrons. The Morgan fingerprint density at radius 3 is 2.70 bits per heavy atom. The molecule has 0 fully saturated rings. The molecule has 23 heavy (non-hydrogen) atoms. The maximum absolute atomic E-state index is 13.1. The van der Waals surface area contributed by atoms with Crippen LogP contribution in [0.5, 0.6) is 0 Å². The van der Waals surface area contributed by atoms with Crippen LogP contribution in [0.2, 0.25) is 0 Å². The number of hydrogen-bond donors (Lipinski definition) is 1. The van der Waals surface area contributed by atoms with Gasteiger partial charge in [-0.15, -0.1) is 0 Å². The van der Waals surface area contributed by atoms with E-state index in [0.29, 0.717) is 5.76 Å². The third-order valence-corrected chi connectivity index (χ3v) is 4.36. The third-order valence-electron chi connectivity index (χ3n) is 3.11. The molecule has 0 aliphatic rings. The van der Waals surface area contributed by atoms with Crippen molar-refractivity contribution in [3.63, 3.8) is 0 Å². The predicted octanol–water partition coefficient (Wildman–Crippen LogP) is 1.61. The molecule has 0 unspecified atom stereocenters. The van der Waals surface area contributed by atoms with E-state index < -0.39 is 21.7 Å². The number of benzene rings is 1. The van der Waals surface area contributed by atoms with Crippen molar-refractivity contribution in [3.8, 4) is 0 Å². The second-order valence-electron chi connectivity index (χ2n) is 4.94. The summed E-state index contributed by atoms with van der Waals surface area (Å²) in [5.41, 5.74) is 0.182. The van der Waals surface area contributed by atoms with Crippen LogP contribution in [-0.4, -0.2) is 38.0 Å². The normalized spacial score (nSPS) is 11.6. The van der Waals surface area contributed by atoms with Crippen molar-refractivity contribution in [2.24, 2.45) is 0 Å². The lowest BCUT2D eigenvalue weighted by atomic mass is 10.2. The first kappa shape index (κ1) is 17.2. The van der Waals surface area contributed by atoms with E-state index in [0.717, 1.165) is 12.3 Å². The summed E-state index contributed by atoms with van der Waals surface area (Å²) in [6, 6.07) is 8.61. The Kier molecular flexibility index (Phi) is 5.51. The highest BCUT2D eigenvalue weighted by atomic mass is 32.2. The van der Waals surface area contributed by atoms with Crippen molar-refractivity contribution < 1.29 is 22.0 Å². The van der Waals surface area contributed by atoms with Gasteiger partial charge < -0.3 is 9.73 Å². The fourth-order valence-corrected chi connectivity index (χ4v) is 2.75. The summed E-state index contributed by atoms with van der Waals surface area (Å²) in [7, 11) is -3.45. The molecule has 124 valence electrons. The highest BCUT2D eigenvalue weighted by Crippen LogP contribution is 2.08. The van der Waals surface area contributed by atoms with Crippen LogP contribution >= 0.6 is 0 Å². The molecule has 0 saturated carbocycles. The molecule has 1 N–H and O–H groups in total. The van der Waals surface area contributed by atoms with Crippen LogP contribution in [0.4, 0.5) is 4.39 Å².